The molecule has 2 atom stereocenters. The van der Waals surface area contributed by atoms with Gasteiger partial charge in [0.05, 0.1) is 13.2 Å². The SMILES string of the molecule is CCCCCCC/C=C\CCCCCCCC(=O)OC(COC(=O)CCCCCCCCCCCCCCCCCCCCCCCCC)COP(=O)(O)OCCN. The van der Waals surface area contributed by atoms with E-state index in [-0.39, 0.29) is 38.6 Å². The van der Waals surface area contributed by atoms with Crippen LogP contribution in [-0.4, -0.2) is 49.3 Å². The highest BCUT2D eigenvalue weighted by Gasteiger charge is 2.26. The van der Waals surface area contributed by atoms with Gasteiger partial charge in [0, 0.05) is 19.4 Å². The van der Waals surface area contributed by atoms with Crippen LogP contribution in [0.25, 0.3) is 0 Å². The molecule has 0 spiro atoms. The maximum Gasteiger partial charge on any atom is 0.472 e. The fraction of sp³-hybridized carbons (Fsp3) is 0.917. The van der Waals surface area contributed by atoms with E-state index >= 15 is 0 Å². The topological polar surface area (TPSA) is 134 Å². The summed E-state index contributed by atoms with van der Waals surface area (Å²) in [6.45, 7) is 3.76. The Morgan fingerprint density at radius 1 is 0.500 bits per heavy atom. The van der Waals surface area contributed by atoms with E-state index in [2.05, 4.69) is 26.0 Å². The summed E-state index contributed by atoms with van der Waals surface area (Å²) >= 11 is 0. The summed E-state index contributed by atoms with van der Waals surface area (Å²) in [6.07, 6.45) is 48.3. The van der Waals surface area contributed by atoms with Gasteiger partial charge in [0.15, 0.2) is 6.10 Å². The molecule has 0 aromatic heterocycles. The molecule has 0 saturated carbocycles. The molecule has 9 nitrogen and oxygen atoms in total. The molecule has 3 N–H and O–H groups in total. The van der Waals surface area contributed by atoms with Crippen molar-refractivity contribution in [1.82, 2.24) is 0 Å². The molecule has 344 valence electrons. The summed E-state index contributed by atoms with van der Waals surface area (Å²) in [5.74, 6) is -0.824. The van der Waals surface area contributed by atoms with Crippen molar-refractivity contribution in [2.75, 3.05) is 26.4 Å². The molecule has 0 rings (SSSR count). The Balaban J connectivity index is 3.98. The average molecular weight is 844 g/mol. The van der Waals surface area contributed by atoms with Crippen molar-refractivity contribution in [1.29, 1.82) is 0 Å². The zero-order chi connectivity index (χ0) is 42.5. The molecule has 0 heterocycles. The molecule has 0 fully saturated rings. The first-order chi connectivity index (χ1) is 28.3. The monoisotopic (exact) mass is 844 g/mol. The molecule has 0 aliphatic carbocycles. The Morgan fingerprint density at radius 3 is 1.22 bits per heavy atom. The minimum absolute atomic E-state index is 0.0550. The molecule has 58 heavy (non-hydrogen) atoms. The highest BCUT2D eigenvalue weighted by Crippen LogP contribution is 2.43. The minimum atomic E-state index is -4.38. The molecular weight excluding hydrogens is 750 g/mol. The zero-order valence-electron chi connectivity index (χ0n) is 38.1. The third-order valence-electron chi connectivity index (χ3n) is 10.9. The third kappa shape index (κ3) is 44.3. The number of allylic oxidation sites excluding steroid dienone is 2. The van der Waals surface area contributed by atoms with E-state index in [4.69, 9.17) is 24.3 Å². The number of hydrogen-bond donors (Lipinski definition) is 2. The number of carbonyl (C=O) groups excluding carboxylic acids is 2. The maximum atomic E-state index is 12.6. The van der Waals surface area contributed by atoms with Crippen LogP contribution in [0.4, 0.5) is 0 Å². The lowest BCUT2D eigenvalue weighted by Crippen LogP contribution is -2.29. The van der Waals surface area contributed by atoms with Crippen LogP contribution in [0, 0.1) is 0 Å². The second-order valence-corrected chi connectivity index (χ2v) is 18.1. The van der Waals surface area contributed by atoms with Crippen molar-refractivity contribution < 1.29 is 37.6 Å². The van der Waals surface area contributed by atoms with Crippen LogP contribution in [0.2, 0.25) is 0 Å². The first-order valence-corrected chi connectivity index (χ1v) is 26.2. The highest BCUT2D eigenvalue weighted by molar-refractivity contribution is 7.47. The minimum Gasteiger partial charge on any atom is -0.462 e. The predicted octanol–water partition coefficient (Wildman–Crippen LogP) is 14.6. The molecule has 2 unspecified atom stereocenters. The first kappa shape index (κ1) is 56.8. The summed E-state index contributed by atoms with van der Waals surface area (Å²) in [5, 5.41) is 0. The molecule has 0 aliphatic rings. The number of esters is 2. The quantitative estimate of drug-likeness (QED) is 0.0266. The number of nitrogens with two attached hydrogens (primary N) is 1. The van der Waals surface area contributed by atoms with Gasteiger partial charge < -0.3 is 20.1 Å². The number of carbonyl (C=O) groups is 2. The van der Waals surface area contributed by atoms with E-state index in [0.29, 0.717) is 6.42 Å². The number of phosphoric acid groups is 1. The summed E-state index contributed by atoms with van der Waals surface area (Å²) < 4.78 is 32.9. The summed E-state index contributed by atoms with van der Waals surface area (Å²) in [7, 11) is -4.38. The Kier molecular flexibility index (Phi) is 44.3. The summed E-state index contributed by atoms with van der Waals surface area (Å²) in [5.41, 5.74) is 5.36. The normalized spacial score (nSPS) is 13.2. The lowest BCUT2D eigenvalue weighted by atomic mass is 10.0. The molecule has 10 heteroatoms. The molecule has 0 saturated heterocycles. The number of phosphoric ester groups is 1. The van der Waals surface area contributed by atoms with Crippen LogP contribution in [0.15, 0.2) is 12.2 Å². The van der Waals surface area contributed by atoms with Gasteiger partial charge in [-0.1, -0.05) is 212 Å². The van der Waals surface area contributed by atoms with E-state index in [0.717, 1.165) is 51.4 Å². The zero-order valence-corrected chi connectivity index (χ0v) is 38.9. The summed E-state index contributed by atoms with van der Waals surface area (Å²) in [6, 6.07) is 0. The number of rotatable bonds is 47. The van der Waals surface area contributed by atoms with Crippen molar-refractivity contribution in [3.8, 4) is 0 Å². The Hall–Kier alpha value is -1.25. The van der Waals surface area contributed by atoms with Gasteiger partial charge in [0.1, 0.15) is 6.61 Å². The van der Waals surface area contributed by atoms with Crippen LogP contribution >= 0.6 is 7.82 Å². The summed E-state index contributed by atoms with van der Waals surface area (Å²) in [4.78, 5) is 35.0. The van der Waals surface area contributed by atoms with E-state index in [1.54, 1.807) is 0 Å². The van der Waals surface area contributed by atoms with E-state index in [9.17, 15) is 19.0 Å². The molecule has 0 amide bonds. The van der Waals surface area contributed by atoms with E-state index in [1.807, 2.05) is 0 Å². The lowest BCUT2D eigenvalue weighted by Gasteiger charge is -2.19. The van der Waals surface area contributed by atoms with E-state index < -0.39 is 26.5 Å². The maximum absolute atomic E-state index is 12.6. The fourth-order valence-corrected chi connectivity index (χ4v) is 7.99. The predicted molar refractivity (Wildman–Crippen MR) is 243 cm³/mol. The van der Waals surface area contributed by atoms with Gasteiger partial charge in [-0.15, -0.1) is 0 Å². The van der Waals surface area contributed by atoms with E-state index in [1.165, 1.54) is 167 Å². The van der Waals surface area contributed by atoms with Crippen molar-refractivity contribution in [2.45, 2.75) is 258 Å². The third-order valence-corrected chi connectivity index (χ3v) is 11.9. The van der Waals surface area contributed by atoms with Crippen molar-refractivity contribution >= 4 is 19.8 Å². The highest BCUT2D eigenvalue weighted by atomic mass is 31.2. The molecule has 0 bridgehead atoms. The van der Waals surface area contributed by atoms with Crippen LogP contribution < -0.4 is 5.73 Å². The second kappa shape index (κ2) is 45.3. The van der Waals surface area contributed by atoms with Crippen molar-refractivity contribution in [2.24, 2.45) is 5.73 Å². The standard InChI is InChI=1S/C48H94NO8P/c1-3-5-7-9-11-13-15-17-19-20-21-22-23-24-25-26-27-29-30-32-34-36-38-40-47(50)54-44-46(45-56-58(52,53)55-43-42-49)57-48(51)41-39-37-35-33-31-28-18-16-14-12-10-8-6-4-2/h16,18,46H,3-15,17,19-45,49H2,1-2H3,(H,52,53)/b18-16-. The second-order valence-electron chi connectivity index (χ2n) is 16.7. The van der Waals surface area contributed by atoms with Crippen LogP contribution in [-0.2, 0) is 32.7 Å². The van der Waals surface area contributed by atoms with Gasteiger partial charge in [-0.3, -0.25) is 18.6 Å². The smallest absolute Gasteiger partial charge is 0.462 e. The van der Waals surface area contributed by atoms with Gasteiger partial charge in [-0.25, -0.2) is 4.57 Å². The number of ether oxygens (including phenoxy) is 2. The van der Waals surface area contributed by atoms with Crippen molar-refractivity contribution in [3.63, 3.8) is 0 Å². The van der Waals surface area contributed by atoms with Gasteiger partial charge in [0.2, 0.25) is 0 Å². The molecule has 0 aromatic rings. The number of unbranched alkanes of at least 4 members (excludes halogenated alkanes) is 32. The van der Waals surface area contributed by atoms with Gasteiger partial charge in [-0.2, -0.15) is 0 Å². The number of hydrogen-bond acceptors (Lipinski definition) is 8. The molecule has 0 radical (unpaired) electrons. The molecular formula is C48H94NO8P. The Morgan fingerprint density at radius 2 is 0.845 bits per heavy atom. The first-order valence-electron chi connectivity index (χ1n) is 24.7. The lowest BCUT2D eigenvalue weighted by molar-refractivity contribution is -0.161. The Labute approximate surface area is 358 Å². The average Bonchev–Trinajstić information content (AvgIpc) is 3.21. The Bertz CT molecular complexity index is 964. The van der Waals surface area contributed by atoms with Crippen molar-refractivity contribution in [3.05, 3.63) is 12.2 Å². The van der Waals surface area contributed by atoms with Crippen LogP contribution in [0.5, 0.6) is 0 Å². The van der Waals surface area contributed by atoms with Gasteiger partial charge >= 0.3 is 19.8 Å². The van der Waals surface area contributed by atoms with Crippen LogP contribution in [0.3, 0.4) is 0 Å². The molecule has 0 aromatic carbocycles. The largest absolute Gasteiger partial charge is 0.472 e. The molecule has 0 aliphatic heterocycles. The van der Waals surface area contributed by atoms with Crippen LogP contribution in [0.1, 0.15) is 251 Å². The van der Waals surface area contributed by atoms with Gasteiger partial charge in [-0.05, 0) is 38.5 Å². The fourth-order valence-electron chi connectivity index (χ4n) is 7.22. The van der Waals surface area contributed by atoms with Gasteiger partial charge in [0.25, 0.3) is 0 Å².